The van der Waals surface area contributed by atoms with Gasteiger partial charge in [0.15, 0.2) is 0 Å². The quantitative estimate of drug-likeness (QED) is 0.597. The van der Waals surface area contributed by atoms with Crippen LogP contribution in [-0.4, -0.2) is 22.4 Å². The lowest BCUT2D eigenvalue weighted by molar-refractivity contribution is 0.0117. The molecule has 1 saturated heterocycles. The van der Waals surface area contributed by atoms with Crippen molar-refractivity contribution in [2.45, 2.75) is 96.9 Å². The molecular formula is C20H34O2. The normalized spacial score (nSPS) is 49.7. The highest BCUT2D eigenvalue weighted by Crippen LogP contribution is 2.61. The van der Waals surface area contributed by atoms with Gasteiger partial charge in [0, 0.05) is 0 Å². The summed E-state index contributed by atoms with van der Waals surface area (Å²) in [6.45, 7) is 11.2. The van der Waals surface area contributed by atoms with E-state index in [0.29, 0.717) is 23.4 Å². The Balaban J connectivity index is 1.70. The summed E-state index contributed by atoms with van der Waals surface area (Å²) in [4.78, 5) is 0. The summed E-state index contributed by atoms with van der Waals surface area (Å²) in [6, 6.07) is 0. The van der Waals surface area contributed by atoms with E-state index in [1.807, 2.05) is 0 Å². The lowest BCUT2D eigenvalue weighted by Gasteiger charge is -2.34. The third-order valence-electron chi connectivity index (χ3n) is 6.86. The van der Waals surface area contributed by atoms with Gasteiger partial charge in [-0.15, -0.1) is 0 Å². The largest absolute Gasteiger partial charge is 0.390 e. The molecule has 2 fully saturated rings. The third kappa shape index (κ3) is 3.28. The van der Waals surface area contributed by atoms with Gasteiger partial charge < -0.3 is 9.84 Å². The third-order valence-corrected chi connectivity index (χ3v) is 6.86. The summed E-state index contributed by atoms with van der Waals surface area (Å²) in [5.41, 5.74) is 1.50. The molecule has 2 aliphatic carbocycles. The van der Waals surface area contributed by atoms with E-state index < -0.39 is 5.60 Å². The Morgan fingerprint density at radius 2 is 1.86 bits per heavy atom. The topological polar surface area (TPSA) is 32.8 Å². The Labute approximate surface area is 136 Å². The van der Waals surface area contributed by atoms with Gasteiger partial charge in [-0.1, -0.05) is 18.6 Å². The van der Waals surface area contributed by atoms with Crippen molar-refractivity contribution in [1.29, 1.82) is 0 Å². The first-order valence-electron chi connectivity index (χ1n) is 9.20. The van der Waals surface area contributed by atoms with E-state index in [4.69, 9.17) is 4.74 Å². The first kappa shape index (κ1) is 16.5. The predicted octanol–water partition coefficient (Wildman–Crippen LogP) is 4.86. The molecule has 2 nitrogen and oxygen atoms in total. The van der Waals surface area contributed by atoms with Crippen molar-refractivity contribution in [2.24, 2.45) is 17.3 Å². The second-order valence-corrected chi connectivity index (χ2v) is 9.30. The standard InChI is InChI=1S/C20H34O2/c1-14-7-6-10-20(5,21)16-13-15(16)19(4,11-8-14)12-9-17-18(2,3)22-17/h7,15-17,21H,6,8-13H2,1-5H3/b14-7-/t15-,16-,17+,19+,20-/m0/s1. The van der Waals surface area contributed by atoms with Crippen LogP contribution in [-0.2, 0) is 4.74 Å². The van der Waals surface area contributed by atoms with Crippen LogP contribution >= 0.6 is 0 Å². The van der Waals surface area contributed by atoms with Gasteiger partial charge in [0.25, 0.3) is 0 Å². The van der Waals surface area contributed by atoms with E-state index in [1.165, 1.54) is 37.7 Å². The van der Waals surface area contributed by atoms with Crippen LogP contribution in [0.15, 0.2) is 11.6 Å². The Morgan fingerprint density at radius 3 is 2.50 bits per heavy atom. The predicted molar refractivity (Wildman–Crippen MR) is 90.7 cm³/mol. The highest BCUT2D eigenvalue weighted by atomic mass is 16.6. The number of allylic oxidation sites excluding steroid dienone is 2. The van der Waals surface area contributed by atoms with Crippen LogP contribution in [0.4, 0.5) is 0 Å². The number of hydrogen-bond acceptors (Lipinski definition) is 2. The maximum absolute atomic E-state index is 10.8. The zero-order valence-electron chi connectivity index (χ0n) is 15.1. The molecule has 5 atom stereocenters. The first-order chi connectivity index (χ1) is 10.1. The van der Waals surface area contributed by atoms with Crippen molar-refractivity contribution in [3.8, 4) is 0 Å². The minimum absolute atomic E-state index is 0.108. The second-order valence-electron chi connectivity index (χ2n) is 9.30. The average Bonchev–Trinajstić information content (AvgIpc) is 3.29. The van der Waals surface area contributed by atoms with Gasteiger partial charge >= 0.3 is 0 Å². The molecule has 1 N–H and O–H groups in total. The summed E-state index contributed by atoms with van der Waals surface area (Å²) >= 11 is 0. The molecule has 0 aromatic heterocycles. The van der Waals surface area contributed by atoms with Crippen LogP contribution in [0.3, 0.4) is 0 Å². The molecular weight excluding hydrogens is 272 g/mol. The molecule has 2 heteroatoms. The zero-order valence-corrected chi connectivity index (χ0v) is 15.1. The van der Waals surface area contributed by atoms with E-state index in [1.54, 1.807) is 0 Å². The van der Waals surface area contributed by atoms with Crippen LogP contribution in [0.1, 0.15) is 79.6 Å². The molecule has 0 bridgehead atoms. The molecule has 3 aliphatic rings. The Bertz CT molecular complexity index is 462. The van der Waals surface area contributed by atoms with Crippen LogP contribution in [0.25, 0.3) is 0 Å². The Hall–Kier alpha value is -0.340. The minimum Gasteiger partial charge on any atom is -0.390 e. The lowest BCUT2D eigenvalue weighted by Crippen LogP contribution is -2.32. The van der Waals surface area contributed by atoms with E-state index >= 15 is 0 Å². The van der Waals surface area contributed by atoms with Crippen LogP contribution in [0, 0.1) is 17.3 Å². The van der Waals surface area contributed by atoms with Crippen molar-refractivity contribution in [2.75, 3.05) is 0 Å². The van der Waals surface area contributed by atoms with Gasteiger partial charge in [0.1, 0.15) is 0 Å². The summed E-state index contributed by atoms with van der Waals surface area (Å²) in [6.07, 6.45) is 10.9. The van der Waals surface area contributed by atoms with Gasteiger partial charge in [0.2, 0.25) is 0 Å². The maximum Gasteiger partial charge on any atom is 0.0892 e. The minimum atomic E-state index is -0.477. The van der Waals surface area contributed by atoms with Crippen molar-refractivity contribution in [1.82, 2.24) is 0 Å². The smallest absolute Gasteiger partial charge is 0.0892 e. The molecule has 1 saturated carbocycles. The van der Waals surface area contributed by atoms with Crippen molar-refractivity contribution in [3.63, 3.8) is 0 Å². The molecule has 0 aromatic carbocycles. The van der Waals surface area contributed by atoms with Crippen molar-refractivity contribution < 1.29 is 9.84 Å². The van der Waals surface area contributed by atoms with Crippen LogP contribution in [0.5, 0.6) is 0 Å². The molecule has 3 rings (SSSR count). The monoisotopic (exact) mass is 306 g/mol. The highest BCUT2D eigenvalue weighted by Gasteiger charge is 2.57. The van der Waals surface area contributed by atoms with E-state index in [2.05, 4.69) is 40.7 Å². The summed E-state index contributed by atoms with van der Waals surface area (Å²) in [5, 5.41) is 10.8. The van der Waals surface area contributed by atoms with Crippen LogP contribution < -0.4 is 0 Å². The number of aliphatic hydroxyl groups is 1. The van der Waals surface area contributed by atoms with E-state index in [0.717, 1.165) is 12.8 Å². The first-order valence-corrected chi connectivity index (χ1v) is 9.20. The molecule has 0 spiro atoms. The zero-order chi connectivity index (χ0) is 16.2. The van der Waals surface area contributed by atoms with E-state index in [9.17, 15) is 5.11 Å². The summed E-state index contributed by atoms with van der Waals surface area (Å²) in [5.74, 6) is 1.22. The highest BCUT2D eigenvalue weighted by molar-refractivity contribution is 5.10. The Morgan fingerprint density at radius 1 is 1.18 bits per heavy atom. The molecule has 0 unspecified atom stereocenters. The van der Waals surface area contributed by atoms with E-state index in [-0.39, 0.29) is 5.60 Å². The fraction of sp³-hybridized carbons (Fsp3) is 0.900. The lowest BCUT2D eigenvalue weighted by atomic mass is 9.72. The molecule has 22 heavy (non-hydrogen) atoms. The van der Waals surface area contributed by atoms with Gasteiger partial charge in [-0.2, -0.15) is 0 Å². The van der Waals surface area contributed by atoms with Gasteiger partial charge in [-0.05, 0) is 89.9 Å². The van der Waals surface area contributed by atoms with Gasteiger partial charge in [-0.25, -0.2) is 0 Å². The van der Waals surface area contributed by atoms with Crippen molar-refractivity contribution >= 4 is 0 Å². The number of fused-ring (bicyclic) bond motifs is 1. The second kappa shape index (κ2) is 5.34. The molecule has 0 amide bonds. The van der Waals surface area contributed by atoms with Gasteiger partial charge in [-0.3, -0.25) is 0 Å². The average molecular weight is 306 g/mol. The molecule has 0 radical (unpaired) electrons. The number of rotatable bonds is 3. The number of epoxide rings is 1. The van der Waals surface area contributed by atoms with Gasteiger partial charge in [0.05, 0.1) is 17.3 Å². The summed E-state index contributed by atoms with van der Waals surface area (Å²) < 4.78 is 5.79. The maximum atomic E-state index is 10.8. The Kier molecular flexibility index (Phi) is 4.01. The fourth-order valence-electron chi connectivity index (χ4n) is 4.73. The molecule has 0 aromatic rings. The van der Waals surface area contributed by atoms with Crippen molar-refractivity contribution in [3.05, 3.63) is 11.6 Å². The fourth-order valence-corrected chi connectivity index (χ4v) is 4.73. The number of ether oxygens (including phenoxy) is 1. The molecule has 126 valence electrons. The molecule has 1 heterocycles. The molecule has 1 aliphatic heterocycles. The SMILES string of the molecule is C/C1=C/CC[C@](C)(O)[C@H]2C[C@@H]2[C@@](C)(CC[C@H]2OC2(C)C)CC1. The summed E-state index contributed by atoms with van der Waals surface area (Å²) in [7, 11) is 0. The van der Waals surface area contributed by atoms with Crippen LogP contribution in [0.2, 0.25) is 0 Å². The number of hydrogen-bond donors (Lipinski definition) is 1.